The highest BCUT2D eigenvalue weighted by molar-refractivity contribution is 9.10. The quantitative estimate of drug-likeness (QED) is 0.765. The van der Waals surface area contributed by atoms with Crippen molar-refractivity contribution in [3.05, 3.63) is 62.3 Å². The molecule has 2 aromatic rings. The van der Waals surface area contributed by atoms with Crippen LogP contribution in [0.3, 0.4) is 0 Å². The highest BCUT2D eigenvalue weighted by Crippen LogP contribution is 2.34. The molecule has 5 heteroatoms. The van der Waals surface area contributed by atoms with E-state index in [9.17, 15) is 4.39 Å². The Morgan fingerprint density at radius 3 is 2.90 bits per heavy atom. The summed E-state index contributed by atoms with van der Waals surface area (Å²) in [6, 6.07) is 11.0. The molecule has 0 saturated carbocycles. The van der Waals surface area contributed by atoms with Gasteiger partial charge in [0, 0.05) is 33.5 Å². The summed E-state index contributed by atoms with van der Waals surface area (Å²) < 4.78 is 21.0. The second-order valence-electron chi connectivity index (χ2n) is 4.99. The number of hydrogen-bond donors (Lipinski definition) is 1. The summed E-state index contributed by atoms with van der Waals surface area (Å²) in [7, 11) is 0. The van der Waals surface area contributed by atoms with Crippen molar-refractivity contribution >= 4 is 31.9 Å². The first-order valence-electron chi connectivity index (χ1n) is 6.73. The van der Waals surface area contributed by atoms with E-state index in [4.69, 9.17) is 4.74 Å². The zero-order chi connectivity index (χ0) is 14.8. The first-order valence-corrected chi connectivity index (χ1v) is 8.31. The van der Waals surface area contributed by atoms with Crippen LogP contribution in [0, 0.1) is 5.82 Å². The zero-order valence-electron chi connectivity index (χ0n) is 11.2. The van der Waals surface area contributed by atoms with Crippen molar-refractivity contribution in [2.75, 3.05) is 6.61 Å². The van der Waals surface area contributed by atoms with Gasteiger partial charge in [-0.2, -0.15) is 0 Å². The molecule has 0 aromatic heterocycles. The Balaban J connectivity index is 1.78. The highest BCUT2D eigenvalue weighted by atomic mass is 79.9. The minimum absolute atomic E-state index is 0.210. The van der Waals surface area contributed by atoms with Crippen LogP contribution in [0.25, 0.3) is 0 Å². The van der Waals surface area contributed by atoms with Gasteiger partial charge in [0.15, 0.2) is 0 Å². The van der Waals surface area contributed by atoms with E-state index in [0.29, 0.717) is 13.2 Å². The van der Waals surface area contributed by atoms with Crippen LogP contribution in [0.15, 0.2) is 45.3 Å². The predicted octanol–water partition coefficient (Wildman–Crippen LogP) is 4.96. The van der Waals surface area contributed by atoms with Crippen molar-refractivity contribution < 1.29 is 9.13 Å². The van der Waals surface area contributed by atoms with E-state index in [-0.39, 0.29) is 11.9 Å². The summed E-state index contributed by atoms with van der Waals surface area (Å²) in [5.41, 5.74) is 2.06. The van der Waals surface area contributed by atoms with Crippen LogP contribution in [-0.4, -0.2) is 6.61 Å². The lowest BCUT2D eigenvalue weighted by Gasteiger charge is -2.27. The van der Waals surface area contributed by atoms with Gasteiger partial charge in [0.1, 0.15) is 11.6 Å². The number of benzene rings is 2. The lowest BCUT2D eigenvalue weighted by Crippen LogP contribution is -2.27. The van der Waals surface area contributed by atoms with E-state index in [0.717, 1.165) is 32.2 Å². The Kier molecular flexibility index (Phi) is 4.62. The Hall–Kier alpha value is -0.910. The van der Waals surface area contributed by atoms with Gasteiger partial charge in [-0.3, -0.25) is 0 Å². The summed E-state index contributed by atoms with van der Waals surface area (Å²) in [5.74, 6) is 0.699. The van der Waals surface area contributed by atoms with Gasteiger partial charge in [-0.05, 0) is 42.0 Å². The van der Waals surface area contributed by atoms with Gasteiger partial charge in [0.2, 0.25) is 0 Å². The van der Waals surface area contributed by atoms with Gasteiger partial charge in [0.05, 0.1) is 6.61 Å². The molecule has 0 radical (unpaired) electrons. The average molecular weight is 415 g/mol. The fourth-order valence-electron chi connectivity index (χ4n) is 2.49. The summed E-state index contributed by atoms with van der Waals surface area (Å²) >= 11 is 6.95. The molecule has 0 spiro atoms. The molecule has 21 heavy (non-hydrogen) atoms. The third-order valence-electron chi connectivity index (χ3n) is 3.56. The van der Waals surface area contributed by atoms with E-state index in [1.165, 1.54) is 6.07 Å². The highest BCUT2D eigenvalue weighted by Gasteiger charge is 2.21. The molecule has 0 fully saturated rings. The second-order valence-corrected chi connectivity index (χ2v) is 6.76. The van der Waals surface area contributed by atoms with E-state index >= 15 is 0 Å². The average Bonchev–Trinajstić information content (AvgIpc) is 2.48. The summed E-state index contributed by atoms with van der Waals surface area (Å²) in [5, 5.41) is 3.49. The smallest absolute Gasteiger partial charge is 0.124 e. The van der Waals surface area contributed by atoms with Crippen LogP contribution < -0.4 is 10.1 Å². The first kappa shape index (κ1) is 15.0. The van der Waals surface area contributed by atoms with Gasteiger partial charge in [-0.15, -0.1) is 0 Å². The maximum atomic E-state index is 13.3. The summed E-state index contributed by atoms with van der Waals surface area (Å²) in [6.07, 6.45) is 0.899. The van der Waals surface area contributed by atoms with E-state index in [2.05, 4.69) is 43.2 Å². The van der Waals surface area contributed by atoms with Gasteiger partial charge in [-0.25, -0.2) is 4.39 Å². The molecule has 2 nitrogen and oxygen atoms in total. The molecule has 0 saturated heterocycles. The molecule has 3 rings (SSSR count). The van der Waals surface area contributed by atoms with Gasteiger partial charge < -0.3 is 10.1 Å². The lowest BCUT2D eigenvalue weighted by atomic mass is 10.0. The minimum atomic E-state index is -0.217. The van der Waals surface area contributed by atoms with Crippen LogP contribution in [-0.2, 0) is 6.54 Å². The van der Waals surface area contributed by atoms with Gasteiger partial charge in [0.25, 0.3) is 0 Å². The number of ether oxygens (including phenoxy) is 1. The summed E-state index contributed by atoms with van der Waals surface area (Å²) in [4.78, 5) is 0. The van der Waals surface area contributed by atoms with Gasteiger partial charge >= 0.3 is 0 Å². The first-order chi connectivity index (χ1) is 10.1. The fraction of sp³-hybridized carbons (Fsp3) is 0.250. The molecule has 1 aliphatic rings. The lowest BCUT2D eigenvalue weighted by molar-refractivity contribution is 0.252. The molecular weight excluding hydrogens is 401 g/mol. The van der Waals surface area contributed by atoms with Crippen molar-refractivity contribution in [2.24, 2.45) is 0 Å². The molecule has 0 amide bonds. The van der Waals surface area contributed by atoms with Crippen molar-refractivity contribution in [1.29, 1.82) is 0 Å². The standard InChI is InChI=1S/C16H14Br2FNO/c17-11-1-4-16-13(8-11)15(5-6-21-16)20-9-10-7-12(19)2-3-14(10)18/h1-4,7-8,15,20H,5-6,9H2. The number of nitrogens with one attached hydrogen (secondary N) is 1. The molecule has 1 unspecified atom stereocenters. The van der Waals surface area contributed by atoms with Crippen LogP contribution in [0.1, 0.15) is 23.6 Å². The Labute approximate surface area is 140 Å². The molecular formula is C16H14Br2FNO. The van der Waals surface area contributed by atoms with E-state index < -0.39 is 0 Å². The number of fused-ring (bicyclic) bond motifs is 1. The molecule has 1 aliphatic heterocycles. The molecule has 110 valence electrons. The Morgan fingerprint density at radius 1 is 1.19 bits per heavy atom. The SMILES string of the molecule is Fc1ccc(Br)c(CNC2CCOc3ccc(Br)cc32)c1. The topological polar surface area (TPSA) is 21.3 Å². The predicted molar refractivity (Wildman–Crippen MR) is 87.9 cm³/mol. The van der Waals surface area contributed by atoms with Crippen molar-refractivity contribution in [3.63, 3.8) is 0 Å². The normalized spacial score (nSPS) is 17.2. The second kappa shape index (κ2) is 6.46. The van der Waals surface area contributed by atoms with Crippen molar-refractivity contribution in [3.8, 4) is 5.75 Å². The third kappa shape index (κ3) is 3.47. The Morgan fingerprint density at radius 2 is 2.05 bits per heavy atom. The number of rotatable bonds is 3. The molecule has 2 aromatic carbocycles. The fourth-order valence-corrected chi connectivity index (χ4v) is 3.25. The number of halogens is 3. The van der Waals surface area contributed by atoms with Gasteiger partial charge in [-0.1, -0.05) is 31.9 Å². The molecule has 0 bridgehead atoms. The molecule has 1 N–H and O–H groups in total. The summed E-state index contributed by atoms with van der Waals surface area (Å²) in [6.45, 7) is 1.30. The molecule has 0 aliphatic carbocycles. The minimum Gasteiger partial charge on any atom is -0.493 e. The van der Waals surface area contributed by atoms with E-state index in [1.807, 2.05) is 12.1 Å². The molecule has 1 heterocycles. The van der Waals surface area contributed by atoms with Crippen LogP contribution in [0.2, 0.25) is 0 Å². The molecule has 1 atom stereocenters. The Bertz CT molecular complexity index is 663. The maximum absolute atomic E-state index is 13.3. The van der Waals surface area contributed by atoms with Crippen molar-refractivity contribution in [2.45, 2.75) is 19.0 Å². The number of hydrogen-bond acceptors (Lipinski definition) is 2. The monoisotopic (exact) mass is 413 g/mol. The van der Waals surface area contributed by atoms with E-state index in [1.54, 1.807) is 12.1 Å². The van der Waals surface area contributed by atoms with Crippen LogP contribution in [0.5, 0.6) is 5.75 Å². The third-order valence-corrected chi connectivity index (χ3v) is 4.82. The zero-order valence-corrected chi connectivity index (χ0v) is 14.4. The van der Waals surface area contributed by atoms with Crippen molar-refractivity contribution in [1.82, 2.24) is 5.32 Å². The maximum Gasteiger partial charge on any atom is 0.124 e. The van der Waals surface area contributed by atoms with Crippen LogP contribution in [0.4, 0.5) is 4.39 Å². The van der Waals surface area contributed by atoms with Crippen LogP contribution >= 0.6 is 31.9 Å². The largest absolute Gasteiger partial charge is 0.493 e.